The fourth-order valence-electron chi connectivity index (χ4n) is 3.90. The molecule has 0 atom stereocenters. The molecule has 0 aliphatic carbocycles. The van der Waals surface area contributed by atoms with Crippen molar-refractivity contribution in [2.45, 2.75) is 38.6 Å². The minimum Gasteiger partial charge on any atom is -0.351 e. The zero-order valence-electron chi connectivity index (χ0n) is 16.8. The minimum atomic E-state index is -3.28. The van der Waals surface area contributed by atoms with Gasteiger partial charge in [-0.2, -0.15) is 0 Å². The zero-order chi connectivity index (χ0) is 21.1. The Kier molecular flexibility index (Phi) is 6.39. The van der Waals surface area contributed by atoms with Crippen LogP contribution in [-0.4, -0.2) is 37.5 Å². The molecule has 1 aliphatic rings. The highest BCUT2D eigenvalue weighted by Gasteiger charge is 2.44. The van der Waals surface area contributed by atoms with Gasteiger partial charge in [0.05, 0.1) is 11.2 Å². The maximum atomic E-state index is 13.5. The molecule has 1 N–H and O–H groups in total. The summed E-state index contributed by atoms with van der Waals surface area (Å²) in [5, 5.41) is 2.99. The van der Waals surface area contributed by atoms with Gasteiger partial charge in [0.25, 0.3) is 0 Å². The van der Waals surface area contributed by atoms with Gasteiger partial charge in [-0.05, 0) is 49.4 Å². The van der Waals surface area contributed by atoms with Crippen molar-refractivity contribution in [3.63, 3.8) is 0 Å². The highest BCUT2D eigenvalue weighted by atomic mass is 32.2. The summed E-state index contributed by atoms with van der Waals surface area (Å²) >= 11 is 0. The van der Waals surface area contributed by atoms with Crippen LogP contribution in [0.2, 0.25) is 0 Å². The lowest BCUT2D eigenvalue weighted by Gasteiger charge is -2.40. The molecule has 1 saturated heterocycles. The van der Waals surface area contributed by atoms with Gasteiger partial charge in [0.15, 0.2) is 0 Å². The molecule has 0 unspecified atom stereocenters. The summed E-state index contributed by atoms with van der Waals surface area (Å²) < 4.78 is 39.4. The van der Waals surface area contributed by atoms with Crippen molar-refractivity contribution in [2.75, 3.05) is 18.8 Å². The second-order valence-corrected chi connectivity index (χ2v) is 9.77. The summed E-state index contributed by atoms with van der Waals surface area (Å²) in [5.74, 6) is -0.342. The minimum absolute atomic E-state index is 0.0570. The van der Waals surface area contributed by atoms with Crippen LogP contribution in [0.15, 0.2) is 48.5 Å². The number of amides is 1. The number of aryl methyl sites for hydroxylation is 1. The number of nitrogens with one attached hydrogen (secondary N) is 1. The van der Waals surface area contributed by atoms with Crippen molar-refractivity contribution in [1.82, 2.24) is 9.62 Å². The van der Waals surface area contributed by atoms with Crippen LogP contribution < -0.4 is 5.32 Å². The van der Waals surface area contributed by atoms with Gasteiger partial charge in [0, 0.05) is 19.6 Å². The van der Waals surface area contributed by atoms with E-state index in [2.05, 4.69) is 5.32 Å². The maximum Gasteiger partial charge on any atom is 0.231 e. The molecule has 3 rings (SSSR count). The third kappa shape index (κ3) is 4.51. The van der Waals surface area contributed by atoms with Crippen LogP contribution >= 0.6 is 0 Å². The molecular weight excluding hydrogens is 391 g/mol. The topological polar surface area (TPSA) is 66.5 Å². The molecule has 5 nitrogen and oxygen atoms in total. The van der Waals surface area contributed by atoms with Gasteiger partial charge in [0.1, 0.15) is 5.82 Å². The summed E-state index contributed by atoms with van der Waals surface area (Å²) in [5.41, 5.74) is 1.47. The van der Waals surface area contributed by atoms with E-state index in [1.165, 1.54) is 10.4 Å². The number of carbonyl (C=O) groups excluding carboxylic acids is 1. The van der Waals surface area contributed by atoms with Gasteiger partial charge in [-0.1, -0.05) is 42.5 Å². The molecule has 1 aliphatic heterocycles. The van der Waals surface area contributed by atoms with Crippen LogP contribution in [-0.2, 0) is 26.8 Å². The fraction of sp³-hybridized carbons (Fsp3) is 0.409. The van der Waals surface area contributed by atoms with Crippen LogP contribution in [0.3, 0.4) is 0 Å². The number of benzene rings is 2. The molecule has 0 saturated carbocycles. The molecule has 1 fully saturated rings. The van der Waals surface area contributed by atoms with E-state index >= 15 is 0 Å². The zero-order valence-corrected chi connectivity index (χ0v) is 17.6. The van der Waals surface area contributed by atoms with E-state index in [0.29, 0.717) is 38.0 Å². The van der Waals surface area contributed by atoms with Crippen LogP contribution in [0.1, 0.15) is 36.5 Å². The molecule has 2 aromatic rings. The van der Waals surface area contributed by atoms with E-state index in [1.807, 2.05) is 30.3 Å². The average Bonchev–Trinajstić information content (AvgIpc) is 2.75. The van der Waals surface area contributed by atoms with E-state index in [1.54, 1.807) is 26.0 Å². The summed E-state index contributed by atoms with van der Waals surface area (Å²) in [4.78, 5) is 13.3. The van der Waals surface area contributed by atoms with Crippen molar-refractivity contribution in [2.24, 2.45) is 0 Å². The van der Waals surface area contributed by atoms with Crippen molar-refractivity contribution >= 4 is 15.9 Å². The highest BCUT2D eigenvalue weighted by Crippen LogP contribution is 2.36. The first-order valence-electron chi connectivity index (χ1n) is 9.85. The van der Waals surface area contributed by atoms with Crippen molar-refractivity contribution in [3.8, 4) is 0 Å². The molecule has 0 radical (unpaired) electrons. The molecule has 1 amide bonds. The third-order valence-electron chi connectivity index (χ3n) is 5.77. The fourth-order valence-corrected chi connectivity index (χ4v) is 5.01. The van der Waals surface area contributed by atoms with Crippen LogP contribution in [0.4, 0.5) is 4.39 Å². The van der Waals surface area contributed by atoms with E-state index in [4.69, 9.17) is 0 Å². The summed E-state index contributed by atoms with van der Waals surface area (Å²) in [6.45, 7) is 4.25. The third-order valence-corrected chi connectivity index (χ3v) is 7.65. The van der Waals surface area contributed by atoms with Gasteiger partial charge >= 0.3 is 0 Å². The second-order valence-electron chi connectivity index (χ2n) is 7.51. The number of hydrogen-bond donors (Lipinski definition) is 1. The molecule has 7 heteroatoms. The summed E-state index contributed by atoms with van der Waals surface area (Å²) in [7, 11) is -3.28. The number of halogens is 1. The summed E-state index contributed by atoms with van der Waals surface area (Å²) in [6.07, 6.45) is 0.842. The standard InChI is InChI=1S/C22H27FN2O3S/c1-3-29(27,28)25-13-11-22(12-14-25,19-7-5-4-6-8-19)21(26)24-16-18-9-10-20(23)17(2)15-18/h4-10,15H,3,11-14,16H2,1-2H3,(H,24,26). The number of sulfonamides is 1. The predicted octanol–water partition coefficient (Wildman–Crippen LogP) is 3.13. The SMILES string of the molecule is CCS(=O)(=O)N1CCC(C(=O)NCc2ccc(F)c(C)c2)(c2ccccc2)CC1. The lowest BCUT2D eigenvalue weighted by molar-refractivity contribution is -0.128. The van der Waals surface area contributed by atoms with Gasteiger partial charge < -0.3 is 5.32 Å². The summed E-state index contributed by atoms with van der Waals surface area (Å²) in [6, 6.07) is 14.3. The van der Waals surface area contributed by atoms with Crippen molar-refractivity contribution in [3.05, 3.63) is 71.0 Å². The lowest BCUT2D eigenvalue weighted by atomic mass is 9.72. The molecule has 0 aromatic heterocycles. The first kappa shape index (κ1) is 21.5. The molecular formula is C22H27FN2O3S. The molecule has 29 heavy (non-hydrogen) atoms. The number of piperidine rings is 1. The Hall–Kier alpha value is -2.25. The van der Waals surface area contributed by atoms with Crippen LogP contribution in [0.5, 0.6) is 0 Å². The van der Waals surface area contributed by atoms with Gasteiger partial charge in [-0.3, -0.25) is 4.79 Å². The van der Waals surface area contributed by atoms with Gasteiger partial charge in [0.2, 0.25) is 15.9 Å². The Bertz CT molecular complexity index is 969. The Balaban J connectivity index is 1.81. The Morgan fingerprint density at radius 2 is 1.79 bits per heavy atom. The Morgan fingerprint density at radius 3 is 2.38 bits per heavy atom. The monoisotopic (exact) mass is 418 g/mol. The Labute approximate surface area is 172 Å². The van der Waals surface area contributed by atoms with Gasteiger partial charge in [-0.15, -0.1) is 0 Å². The normalized spacial score (nSPS) is 17.1. The van der Waals surface area contributed by atoms with Gasteiger partial charge in [-0.25, -0.2) is 17.1 Å². The van der Waals surface area contributed by atoms with E-state index < -0.39 is 15.4 Å². The predicted molar refractivity (Wildman–Crippen MR) is 111 cm³/mol. The molecule has 1 heterocycles. The number of hydrogen-bond acceptors (Lipinski definition) is 3. The number of rotatable bonds is 6. The highest BCUT2D eigenvalue weighted by molar-refractivity contribution is 7.89. The average molecular weight is 419 g/mol. The maximum absolute atomic E-state index is 13.5. The second kappa shape index (κ2) is 8.63. The molecule has 2 aromatic carbocycles. The van der Waals surface area contributed by atoms with Crippen molar-refractivity contribution < 1.29 is 17.6 Å². The largest absolute Gasteiger partial charge is 0.351 e. The number of nitrogens with zero attached hydrogens (tertiary/aromatic N) is 1. The smallest absolute Gasteiger partial charge is 0.231 e. The van der Waals surface area contributed by atoms with Crippen LogP contribution in [0, 0.1) is 12.7 Å². The molecule has 156 valence electrons. The number of carbonyl (C=O) groups is 1. The van der Waals surface area contributed by atoms with Crippen LogP contribution in [0.25, 0.3) is 0 Å². The quantitative estimate of drug-likeness (QED) is 0.784. The first-order chi connectivity index (χ1) is 13.8. The lowest BCUT2D eigenvalue weighted by Crippen LogP contribution is -2.52. The van der Waals surface area contributed by atoms with Crippen molar-refractivity contribution in [1.29, 1.82) is 0 Å². The molecule has 0 spiro atoms. The molecule has 0 bridgehead atoms. The van der Waals surface area contributed by atoms with E-state index in [0.717, 1.165) is 11.1 Å². The first-order valence-corrected chi connectivity index (χ1v) is 11.5. The van der Waals surface area contributed by atoms with E-state index in [9.17, 15) is 17.6 Å². The Morgan fingerprint density at radius 1 is 1.14 bits per heavy atom. The van der Waals surface area contributed by atoms with E-state index in [-0.39, 0.29) is 17.5 Å².